The molecule has 1 fully saturated rings. The minimum absolute atomic E-state index is 0.00522. The normalized spacial score (nSPS) is 17.3. The number of hydrogen-bond acceptors (Lipinski definition) is 6. The number of aryl methyl sites for hydroxylation is 1. The number of allylic oxidation sites excluding steroid dienone is 1. The van der Waals surface area contributed by atoms with Gasteiger partial charge in [-0.25, -0.2) is 13.4 Å². The first-order valence-corrected chi connectivity index (χ1v) is 12.0. The van der Waals surface area contributed by atoms with Gasteiger partial charge in [0.05, 0.1) is 10.5 Å². The molecule has 0 N–H and O–H groups in total. The maximum absolute atomic E-state index is 13.5. The first-order chi connectivity index (χ1) is 15.3. The van der Waals surface area contributed by atoms with Crippen molar-refractivity contribution in [1.82, 2.24) is 9.38 Å². The second-order valence-electron chi connectivity index (χ2n) is 8.17. The van der Waals surface area contributed by atoms with Crippen LogP contribution in [0, 0.1) is 24.2 Å². The van der Waals surface area contributed by atoms with E-state index in [0.717, 1.165) is 18.4 Å². The highest BCUT2D eigenvalue weighted by Gasteiger charge is 2.26. The molecule has 4 rings (SSSR count). The van der Waals surface area contributed by atoms with Crippen molar-refractivity contribution in [3.8, 4) is 6.07 Å². The zero-order chi connectivity index (χ0) is 22.9. The second-order valence-corrected chi connectivity index (χ2v) is 10.1. The zero-order valence-corrected chi connectivity index (χ0v) is 18.8. The molecule has 1 unspecified atom stereocenters. The fourth-order valence-corrected chi connectivity index (χ4v) is 5.24. The summed E-state index contributed by atoms with van der Waals surface area (Å²) in [6.45, 7) is 5.44. The highest BCUT2D eigenvalue weighted by Crippen LogP contribution is 2.27. The minimum atomic E-state index is -4.08. The summed E-state index contributed by atoms with van der Waals surface area (Å²) >= 11 is 0. The van der Waals surface area contributed by atoms with E-state index in [1.165, 1.54) is 22.6 Å². The van der Waals surface area contributed by atoms with Crippen LogP contribution in [0.4, 0.5) is 5.82 Å². The quantitative estimate of drug-likeness (QED) is 0.566. The number of fused-ring (bicyclic) bond motifs is 1. The number of hydrogen-bond donors (Lipinski definition) is 0. The van der Waals surface area contributed by atoms with Gasteiger partial charge in [-0.3, -0.25) is 9.20 Å². The van der Waals surface area contributed by atoms with Gasteiger partial charge in [0.25, 0.3) is 5.56 Å². The van der Waals surface area contributed by atoms with Crippen LogP contribution in [0.1, 0.15) is 30.9 Å². The molecule has 0 radical (unpaired) electrons. The molecule has 3 heterocycles. The molecule has 1 aromatic carbocycles. The van der Waals surface area contributed by atoms with Crippen molar-refractivity contribution in [1.29, 1.82) is 5.26 Å². The van der Waals surface area contributed by atoms with E-state index in [1.807, 2.05) is 17.9 Å². The van der Waals surface area contributed by atoms with Gasteiger partial charge in [0.1, 0.15) is 22.4 Å². The molecule has 3 aromatic rings. The lowest BCUT2D eigenvalue weighted by Crippen LogP contribution is -2.37. The summed E-state index contributed by atoms with van der Waals surface area (Å²) in [5.41, 5.74) is 1.07. The number of piperidine rings is 1. The Balaban J connectivity index is 1.98. The van der Waals surface area contributed by atoms with Gasteiger partial charge in [0.15, 0.2) is 0 Å². The third kappa shape index (κ3) is 3.92. The molecule has 7 nitrogen and oxygen atoms in total. The molecule has 1 saturated heterocycles. The number of anilines is 1. The van der Waals surface area contributed by atoms with Crippen molar-refractivity contribution in [3.05, 3.63) is 75.0 Å². The van der Waals surface area contributed by atoms with E-state index >= 15 is 0 Å². The van der Waals surface area contributed by atoms with Gasteiger partial charge in [-0.05, 0) is 55.5 Å². The largest absolute Gasteiger partial charge is 0.356 e. The standard InChI is InChI=1S/C24H24N4O3S/c1-17-8-6-12-27(16-17)23-21(24(29)28-13-7-9-18(2)22(28)26-23)14-20(15-25)32(30,31)19-10-4-3-5-11-19/h3-5,7,9-11,13-14,17H,6,8,12,16H2,1-2H3. The maximum Gasteiger partial charge on any atom is 0.267 e. The van der Waals surface area contributed by atoms with Crippen LogP contribution in [0.3, 0.4) is 0 Å². The SMILES string of the molecule is Cc1cccn2c(=O)c(C=C(C#N)S(=O)(=O)c3ccccc3)c(N3CCCC(C)C3)nc12. The molecule has 0 bridgehead atoms. The predicted molar refractivity (Wildman–Crippen MR) is 124 cm³/mol. The van der Waals surface area contributed by atoms with Gasteiger partial charge >= 0.3 is 0 Å². The number of pyridine rings is 1. The Hall–Kier alpha value is -3.44. The molecule has 164 valence electrons. The summed E-state index contributed by atoms with van der Waals surface area (Å²) in [6.07, 6.45) is 4.82. The second kappa shape index (κ2) is 8.60. The van der Waals surface area contributed by atoms with Crippen LogP contribution >= 0.6 is 0 Å². The lowest BCUT2D eigenvalue weighted by molar-refractivity contribution is 0.444. The maximum atomic E-state index is 13.5. The van der Waals surface area contributed by atoms with E-state index in [9.17, 15) is 18.5 Å². The molecule has 0 spiro atoms. The van der Waals surface area contributed by atoms with Crippen molar-refractivity contribution in [2.75, 3.05) is 18.0 Å². The molecule has 1 atom stereocenters. The fourth-order valence-electron chi connectivity index (χ4n) is 4.08. The van der Waals surface area contributed by atoms with Crippen LogP contribution < -0.4 is 10.5 Å². The van der Waals surface area contributed by atoms with E-state index < -0.39 is 20.3 Å². The van der Waals surface area contributed by atoms with E-state index in [1.54, 1.807) is 36.5 Å². The summed E-state index contributed by atoms with van der Waals surface area (Å²) < 4.78 is 27.6. The third-order valence-corrected chi connectivity index (χ3v) is 7.43. The molecule has 1 aliphatic rings. The average molecular weight is 449 g/mol. The first-order valence-electron chi connectivity index (χ1n) is 10.5. The van der Waals surface area contributed by atoms with Crippen LogP contribution in [0.15, 0.2) is 63.3 Å². The van der Waals surface area contributed by atoms with Gasteiger partial charge in [0, 0.05) is 19.3 Å². The zero-order valence-electron chi connectivity index (χ0n) is 18.0. The molecular weight excluding hydrogens is 424 g/mol. The predicted octanol–water partition coefficient (Wildman–Crippen LogP) is 3.58. The van der Waals surface area contributed by atoms with Gasteiger partial charge in [-0.2, -0.15) is 5.26 Å². The van der Waals surface area contributed by atoms with Gasteiger partial charge in [0.2, 0.25) is 9.84 Å². The number of aromatic nitrogens is 2. The number of nitriles is 1. The Morgan fingerprint density at radius 1 is 1.22 bits per heavy atom. The van der Waals surface area contributed by atoms with Crippen molar-refractivity contribution >= 4 is 27.4 Å². The van der Waals surface area contributed by atoms with Crippen molar-refractivity contribution in [2.24, 2.45) is 5.92 Å². The third-order valence-electron chi connectivity index (χ3n) is 5.75. The number of nitrogens with zero attached hydrogens (tertiary/aromatic N) is 4. The van der Waals surface area contributed by atoms with E-state index in [-0.39, 0.29) is 10.5 Å². The van der Waals surface area contributed by atoms with Crippen molar-refractivity contribution in [2.45, 2.75) is 31.6 Å². The summed E-state index contributed by atoms with van der Waals surface area (Å²) in [5, 5.41) is 9.74. The summed E-state index contributed by atoms with van der Waals surface area (Å²) in [6, 6.07) is 13.2. The lowest BCUT2D eigenvalue weighted by atomic mass is 10.00. The summed E-state index contributed by atoms with van der Waals surface area (Å²) in [4.78, 5) is 19.8. The first kappa shape index (κ1) is 21.8. The number of benzene rings is 1. The highest BCUT2D eigenvalue weighted by molar-refractivity contribution is 7.95. The number of sulfone groups is 1. The highest BCUT2D eigenvalue weighted by atomic mass is 32.2. The lowest BCUT2D eigenvalue weighted by Gasteiger charge is -2.32. The van der Waals surface area contributed by atoms with Gasteiger partial charge in [-0.1, -0.05) is 31.2 Å². The molecule has 32 heavy (non-hydrogen) atoms. The van der Waals surface area contributed by atoms with Crippen LogP contribution in [0.25, 0.3) is 11.7 Å². The van der Waals surface area contributed by atoms with Crippen LogP contribution in [0.5, 0.6) is 0 Å². The van der Waals surface area contributed by atoms with E-state index in [2.05, 4.69) is 6.92 Å². The Morgan fingerprint density at radius 3 is 2.66 bits per heavy atom. The van der Waals surface area contributed by atoms with Crippen LogP contribution in [-0.4, -0.2) is 30.9 Å². The Morgan fingerprint density at radius 2 is 1.97 bits per heavy atom. The molecule has 8 heteroatoms. The van der Waals surface area contributed by atoms with Gasteiger partial charge < -0.3 is 4.90 Å². The summed E-state index contributed by atoms with van der Waals surface area (Å²) in [5.74, 6) is 0.841. The smallest absolute Gasteiger partial charge is 0.267 e. The topological polar surface area (TPSA) is 95.5 Å². The Bertz CT molecular complexity index is 1400. The van der Waals surface area contributed by atoms with Crippen LogP contribution in [0.2, 0.25) is 0 Å². The minimum Gasteiger partial charge on any atom is -0.356 e. The Labute approximate surface area is 187 Å². The summed E-state index contributed by atoms with van der Waals surface area (Å²) in [7, 11) is -4.08. The van der Waals surface area contributed by atoms with Crippen LogP contribution in [-0.2, 0) is 9.84 Å². The molecule has 0 aliphatic carbocycles. The molecule has 0 amide bonds. The molecule has 1 aliphatic heterocycles. The molecule has 2 aromatic heterocycles. The Kier molecular flexibility index (Phi) is 5.85. The molecular formula is C24H24N4O3S. The average Bonchev–Trinajstić information content (AvgIpc) is 2.79. The fraction of sp³-hybridized carbons (Fsp3) is 0.292. The van der Waals surface area contributed by atoms with E-state index in [4.69, 9.17) is 4.98 Å². The van der Waals surface area contributed by atoms with Crippen molar-refractivity contribution < 1.29 is 8.42 Å². The van der Waals surface area contributed by atoms with Crippen molar-refractivity contribution in [3.63, 3.8) is 0 Å². The monoisotopic (exact) mass is 448 g/mol. The number of rotatable bonds is 4. The van der Waals surface area contributed by atoms with Gasteiger partial charge in [-0.15, -0.1) is 0 Å². The molecule has 0 saturated carbocycles. The van der Waals surface area contributed by atoms with E-state index in [0.29, 0.717) is 30.5 Å².